The van der Waals surface area contributed by atoms with Crippen molar-refractivity contribution in [3.63, 3.8) is 0 Å². The summed E-state index contributed by atoms with van der Waals surface area (Å²) in [6.07, 6.45) is 0. The third-order valence-corrected chi connectivity index (χ3v) is 6.58. The molecule has 0 N–H and O–H groups in total. The zero-order chi connectivity index (χ0) is 21.6. The predicted molar refractivity (Wildman–Crippen MR) is 127 cm³/mol. The Bertz CT molecular complexity index is 1060. The first-order chi connectivity index (χ1) is 15.1. The summed E-state index contributed by atoms with van der Waals surface area (Å²) in [4.78, 5) is 8.47. The normalized spacial score (nSPS) is 15.4. The van der Waals surface area contributed by atoms with Crippen LogP contribution in [0.25, 0.3) is 11.3 Å². The lowest BCUT2D eigenvalue weighted by Crippen LogP contribution is -2.39. The van der Waals surface area contributed by atoms with Crippen LogP contribution < -0.4 is 9.54 Å². The van der Waals surface area contributed by atoms with Crippen LogP contribution in [0.5, 0.6) is 5.75 Å². The first-order valence-electron chi connectivity index (χ1n) is 11.0. The summed E-state index contributed by atoms with van der Waals surface area (Å²) in [6, 6.07) is 14.7. The fraction of sp³-hybridized carbons (Fsp3) is 0.400. The van der Waals surface area contributed by atoms with Crippen molar-refractivity contribution in [1.82, 2.24) is 9.47 Å². The van der Waals surface area contributed by atoms with Crippen LogP contribution in [0, 0.1) is 13.8 Å². The van der Waals surface area contributed by atoms with Crippen molar-refractivity contribution in [2.24, 2.45) is 4.99 Å². The van der Waals surface area contributed by atoms with Crippen molar-refractivity contribution in [1.29, 1.82) is 0 Å². The number of aryl methyl sites for hydroxylation is 2. The number of rotatable bonds is 7. The average Bonchev–Trinajstić information content (AvgIpc) is 3.19. The predicted octanol–water partition coefficient (Wildman–Crippen LogP) is 4.80. The maximum absolute atomic E-state index is 5.56. The minimum atomic E-state index is 0.669. The van der Waals surface area contributed by atoms with E-state index in [1.54, 1.807) is 11.3 Å². The highest BCUT2D eigenvalue weighted by molar-refractivity contribution is 7.07. The van der Waals surface area contributed by atoms with Crippen molar-refractivity contribution in [3.8, 4) is 17.0 Å². The molecular formula is C25H31N3O2S. The van der Waals surface area contributed by atoms with E-state index in [2.05, 4.69) is 46.9 Å². The molecule has 0 saturated carbocycles. The molecule has 164 valence electrons. The molecule has 2 heterocycles. The fourth-order valence-electron chi connectivity index (χ4n) is 3.73. The number of hydrogen-bond donors (Lipinski definition) is 0. The molecular weight excluding hydrogens is 406 g/mol. The van der Waals surface area contributed by atoms with Gasteiger partial charge in [0.05, 0.1) is 31.2 Å². The van der Waals surface area contributed by atoms with Gasteiger partial charge < -0.3 is 14.0 Å². The number of aromatic nitrogens is 1. The Labute approximate surface area is 188 Å². The van der Waals surface area contributed by atoms with Crippen molar-refractivity contribution >= 4 is 17.0 Å². The van der Waals surface area contributed by atoms with E-state index in [4.69, 9.17) is 14.5 Å². The van der Waals surface area contributed by atoms with Crippen LogP contribution in [-0.2, 0) is 11.3 Å². The number of nitrogens with zero attached hydrogens (tertiary/aromatic N) is 3. The number of hydrogen-bond acceptors (Lipinski definition) is 5. The van der Waals surface area contributed by atoms with Gasteiger partial charge in [0, 0.05) is 31.6 Å². The standard InChI is InChI=1S/C25H31N3O2S/c1-4-30-23-9-7-22(8-10-23)26-25-28(12-11-27-13-15-29-16-14-27)24(18-31-25)21-6-5-19(2)20(3)17-21/h5-10,17-18H,4,11-16H2,1-3H3. The smallest absolute Gasteiger partial charge is 0.190 e. The molecule has 4 rings (SSSR count). The summed E-state index contributed by atoms with van der Waals surface area (Å²) < 4.78 is 13.4. The molecule has 3 aromatic rings. The third kappa shape index (κ3) is 5.45. The molecule has 0 aliphatic carbocycles. The van der Waals surface area contributed by atoms with Gasteiger partial charge in [-0.15, -0.1) is 11.3 Å². The molecule has 31 heavy (non-hydrogen) atoms. The summed E-state index contributed by atoms with van der Waals surface area (Å²) in [5, 5.41) is 2.23. The van der Waals surface area contributed by atoms with Crippen molar-refractivity contribution < 1.29 is 9.47 Å². The van der Waals surface area contributed by atoms with Gasteiger partial charge >= 0.3 is 0 Å². The van der Waals surface area contributed by atoms with E-state index in [1.165, 1.54) is 22.4 Å². The number of benzene rings is 2. The molecule has 1 fully saturated rings. The lowest BCUT2D eigenvalue weighted by molar-refractivity contribution is 0.0363. The Hall–Kier alpha value is -2.41. The van der Waals surface area contributed by atoms with E-state index in [0.29, 0.717) is 6.61 Å². The molecule has 1 aliphatic heterocycles. The van der Waals surface area contributed by atoms with Gasteiger partial charge in [-0.2, -0.15) is 0 Å². The molecule has 0 radical (unpaired) electrons. The summed E-state index contributed by atoms with van der Waals surface area (Å²) >= 11 is 1.70. The maximum Gasteiger partial charge on any atom is 0.190 e. The van der Waals surface area contributed by atoms with Gasteiger partial charge in [-0.1, -0.05) is 12.1 Å². The van der Waals surface area contributed by atoms with E-state index in [-0.39, 0.29) is 0 Å². The van der Waals surface area contributed by atoms with Gasteiger partial charge in [0.25, 0.3) is 0 Å². The zero-order valence-corrected chi connectivity index (χ0v) is 19.5. The molecule has 1 saturated heterocycles. The van der Waals surface area contributed by atoms with Crippen LogP contribution in [0.4, 0.5) is 5.69 Å². The zero-order valence-electron chi connectivity index (χ0n) is 18.6. The van der Waals surface area contributed by atoms with Gasteiger partial charge in [0.15, 0.2) is 4.80 Å². The fourth-order valence-corrected chi connectivity index (χ4v) is 4.68. The summed E-state index contributed by atoms with van der Waals surface area (Å²) in [7, 11) is 0. The summed E-state index contributed by atoms with van der Waals surface area (Å²) in [5.41, 5.74) is 6.05. The van der Waals surface area contributed by atoms with E-state index in [0.717, 1.165) is 55.6 Å². The quantitative estimate of drug-likeness (QED) is 0.533. The Morgan fingerprint density at radius 3 is 2.48 bits per heavy atom. The molecule has 0 atom stereocenters. The number of ether oxygens (including phenoxy) is 2. The van der Waals surface area contributed by atoms with Crippen LogP contribution >= 0.6 is 11.3 Å². The minimum Gasteiger partial charge on any atom is -0.494 e. The van der Waals surface area contributed by atoms with Crippen LogP contribution in [0.15, 0.2) is 52.8 Å². The first kappa shape index (κ1) is 21.8. The SMILES string of the molecule is CCOc1ccc(N=c2scc(-c3ccc(C)c(C)c3)n2CCN2CCOCC2)cc1. The number of thiazole rings is 1. The van der Waals surface area contributed by atoms with E-state index >= 15 is 0 Å². The van der Waals surface area contributed by atoms with Gasteiger partial charge in [0.1, 0.15) is 5.75 Å². The molecule has 0 unspecified atom stereocenters. The van der Waals surface area contributed by atoms with Crippen LogP contribution in [0.3, 0.4) is 0 Å². The molecule has 6 heteroatoms. The Kier molecular flexibility index (Phi) is 7.22. The second-order valence-electron chi connectivity index (χ2n) is 7.85. The number of morpholine rings is 1. The minimum absolute atomic E-state index is 0.669. The van der Waals surface area contributed by atoms with E-state index in [9.17, 15) is 0 Å². The lowest BCUT2D eigenvalue weighted by Gasteiger charge is -2.26. The second-order valence-corrected chi connectivity index (χ2v) is 8.68. The van der Waals surface area contributed by atoms with Crippen LogP contribution in [-0.4, -0.2) is 48.9 Å². The highest BCUT2D eigenvalue weighted by Gasteiger charge is 2.13. The van der Waals surface area contributed by atoms with Gasteiger partial charge in [0.2, 0.25) is 0 Å². The van der Waals surface area contributed by atoms with Gasteiger partial charge in [-0.25, -0.2) is 4.99 Å². The van der Waals surface area contributed by atoms with E-state index in [1.807, 2.05) is 31.2 Å². The van der Waals surface area contributed by atoms with Crippen LogP contribution in [0.1, 0.15) is 18.1 Å². The first-order valence-corrected chi connectivity index (χ1v) is 11.9. The van der Waals surface area contributed by atoms with Gasteiger partial charge in [-0.3, -0.25) is 4.90 Å². The van der Waals surface area contributed by atoms with Crippen molar-refractivity contribution in [2.75, 3.05) is 39.5 Å². The third-order valence-electron chi connectivity index (χ3n) is 5.72. The van der Waals surface area contributed by atoms with Crippen molar-refractivity contribution in [3.05, 3.63) is 63.8 Å². The Balaban J connectivity index is 1.68. The monoisotopic (exact) mass is 437 g/mol. The molecule has 1 aliphatic rings. The summed E-state index contributed by atoms with van der Waals surface area (Å²) in [6.45, 7) is 12.5. The van der Waals surface area contributed by atoms with Crippen LogP contribution in [0.2, 0.25) is 0 Å². The molecule has 2 aromatic carbocycles. The van der Waals surface area contributed by atoms with Crippen molar-refractivity contribution in [2.45, 2.75) is 27.3 Å². The largest absolute Gasteiger partial charge is 0.494 e. The topological polar surface area (TPSA) is 39.0 Å². The molecule has 0 amide bonds. The average molecular weight is 438 g/mol. The summed E-state index contributed by atoms with van der Waals surface area (Å²) in [5.74, 6) is 0.878. The molecule has 1 aromatic heterocycles. The molecule has 0 spiro atoms. The highest BCUT2D eigenvalue weighted by Crippen LogP contribution is 2.24. The molecule has 5 nitrogen and oxygen atoms in total. The Morgan fingerprint density at radius 1 is 1.00 bits per heavy atom. The van der Waals surface area contributed by atoms with E-state index < -0.39 is 0 Å². The second kappa shape index (κ2) is 10.3. The van der Waals surface area contributed by atoms with Gasteiger partial charge in [-0.05, 0) is 67.8 Å². The highest BCUT2D eigenvalue weighted by atomic mass is 32.1. The Morgan fingerprint density at radius 2 is 1.77 bits per heavy atom. The molecule has 0 bridgehead atoms. The maximum atomic E-state index is 5.56. The lowest BCUT2D eigenvalue weighted by atomic mass is 10.0.